The molecule has 2 N–H and O–H groups in total. The third-order valence-corrected chi connectivity index (χ3v) is 9.41. The molecule has 0 atom stereocenters. The van der Waals surface area contributed by atoms with E-state index in [1.807, 2.05) is 54.6 Å². The van der Waals surface area contributed by atoms with E-state index in [4.69, 9.17) is 28.4 Å². The molecule has 0 spiro atoms. The quantitative estimate of drug-likeness (QED) is 0.112. The van der Waals surface area contributed by atoms with Crippen LogP contribution in [0.2, 0.25) is 0 Å². The first-order valence-electron chi connectivity index (χ1n) is 15.6. The maximum atomic E-state index is 12.9. The Kier molecular flexibility index (Phi) is 14.7. The van der Waals surface area contributed by atoms with Crippen LogP contribution in [0, 0.1) is 0 Å². The molecule has 50 heavy (non-hydrogen) atoms. The summed E-state index contributed by atoms with van der Waals surface area (Å²) in [6.07, 6.45) is 1.58. The van der Waals surface area contributed by atoms with Crippen LogP contribution in [0.5, 0.6) is 40.2 Å². The van der Waals surface area contributed by atoms with Crippen LogP contribution >= 0.6 is 47.8 Å². The zero-order chi connectivity index (χ0) is 36.2. The third kappa shape index (κ3) is 10.5. The number of benzene rings is 4. The number of hydrogen-bond acceptors (Lipinski definition) is 8. The van der Waals surface area contributed by atoms with Crippen LogP contribution in [0.3, 0.4) is 0 Å². The summed E-state index contributed by atoms with van der Waals surface area (Å²) in [5.41, 5.74) is 3.55. The highest BCUT2D eigenvalue weighted by Crippen LogP contribution is 2.44. The Balaban J connectivity index is 1.36. The number of amides is 2. The van der Waals surface area contributed by atoms with E-state index in [0.717, 1.165) is 22.3 Å². The monoisotopic (exact) mass is 876 g/mol. The van der Waals surface area contributed by atoms with Gasteiger partial charge in [-0.2, -0.15) is 0 Å². The minimum atomic E-state index is -0.137. The van der Waals surface area contributed by atoms with Crippen LogP contribution in [0.1, 0.15) is 22.3 Å². The van der Waals surface area contributed by atoms with E-state index in [1.54, 1.807) is 41.6 Å². The zero-order valence-electron chi connectivity index (χ0n) is 28.4. The SMILES string of the molecule is COc1ccc(CCNC(=O)Cc2cc(Br)c(Oc3cc(CC(=O)NCCc4ccc(OC)c(OC)c4)cc(Br)c3OC)c(Br)c2)cc1OC. The van der Waals surface area contributed by atoms with Gasteiger partial charge < -0.3 is 39.1 Å². The van der Waals surface area contributed by atoms with Crippen molar-refractivity contribution >= 4 is 59.6 Å². The summed E-state index contributed by atoms with van der Waals surface area (Å²) in [5.74, 6) is 3.73. The Labute approximate surface area is 317 Å². The highest BCUT2D eigenvalue weighted by Gasteiger charge is 2.18. The molecule has 0 saturated heterocycles. The molecular weight excluding hydrogens is 840 g/mol. The lowest BCUT2D eigenvalue weighted by Crippen LogP contribution is -2.27. The molecule has 2 amide bonds. The molecule has 4 aromatic carbocycles. The Morgan fingerprint density at radius 2 is 0.900 bits per heavy atom. The van der Waals surface area contributed by atoms with Gasteiger partial charge >= 0.3 is 0 Å². The second-order valence-electron chi connectivity index (χ2n) is 11.0. The van der Waals surface area contributed by atoms with Crippen LogP contribution in [-0.2, 0) is 35.3 Å². The van der Waals surface area contributed by atoms with Crippen LogP contribution in [0.15, 0.2) is 74.1 Å². The van der Waals surface area contributed by atoms with Crippen molar-refractivity contribution in [3.8, 4) is 40.2 Å². The fourth-order valence-electron chi connectivity index (χ4n) is 5.18. The molecule has 0 bridgehead atoms. The lowest BCUT2D eigenvalue weighted by Gasteiger charge is -2.17. The van der Waals surface area contributed by atoms with Crippen molar-refractivity contribution in [3.63, 3.8) is 0 Å². The molecule has 266 valence electrons. The van der Waals surface area contributed by atoms with Gasteiger partial charge in [-0.1, -0.05) is 12.1 Å². The number of carbonyl (C=O) groups excluding carboxylic acids is 2. The molecule has 0 unspecified atom stereocenters. The number of methoxy groups -OCH3 is 5. The summed E-state index contributed by atoms with van der Waals surface area (Å²) in [5, 5.41) is 5.95. The van der Waals surface area contributed by atoms with Crippen molar-refractivity contribution in [1.29, 1.82) is 0 Å². The number of nitrogens with one attached hydrogen (secondary N) is 2. The van der Waals surface area contributed by atoms with Gasteiger partial charge in [0.1, 0.15) is 0 Å². The van der Waals surface area contributed by atoms with E-state index in [2.05, 4.69) is 58.4 Å². The first-order chi connectivity index (χ1) is 24.1. The summed E-state index contributed by atoms with van der Waals surface area (Å²) in [6.45, 7) is 0.927. The Hall–Kier alpha value is -3.94. The van der Waals surface area contributed by atoms with Crippen LogP contribution in [-0.4, -0.2) is 60.5 Å². The normalized spacial score (nSPS) is 10.6. The average molecular weight is 879 g/mol. The van der Waals surface area contributed by atoms with E-state index >= 15 is 0 Å². The van der Waals surface area contributed by atoms with E-state index in [-0.39, 0.29) is 24.7 Å². The molecule has 13 heteroatoms. The molecule has 0 aromatic heterocycles. The molecule has 0 aliphatic heterocycles. The first-order valence-corrected chi connectivity index (χ1v) is 17.9. The summed E-state index contributed by atoms with van der Waals surface area (Å²) in [4.78, 5) is 25.7. The molecule has 0 heterocycles. The second kappa shape index (κ2) is 18.9. The second-order valence-corrected chi connectivity index (χ2v) is 13.6. The fraction of sp³-hybridized carbons (Fsp3) is 0.297. The van der Waals surface area contributed by atoms with Crippen LogP contribution in [0.25, 0.3) is 0 Å². The first kappa shape index (κ1) is 38.9. The lowest BCUT2D eigenvalue weighted by molar-refractivity contribution is -0.121. The molecule has 10 nitrogen and oxygen atoms in total. The maximum absolute atomic E-state index is 12.9. The van der Waals surface area contributed by atoms with Gasteiger partial charge in [0.2, 0.25) is 11.8 Å². The average Bonchev–Trinajstić information content (AvgIpc) is 3.09. The summed E-state index contributed by atoms with van der Waals surface area (Å²) >= 11 is 10.8. The van der Waals surface area contributed by atoms with Gasteiger partial charge in [-0.25, -0.2) is 0 Å². The summed E-state index contributed by atoms with van der Waals surface area (Å²) in [7, 11) is 7.91. The van der Waals surface area contributed by atoms with Crippen LogP contribution < -0.4 is 39.1 Å². The molecule has 4 aromatic rings. The van der Waals surface area contributed by atoms with Crippen molar-refractivity contribution in [2.75, 3.05) is 48.6 Å². The number of hydrogen-bond donors (Lipinski definition) is 2. The van der Waals surface area contributed by atoms with Crippen molar-refractivity contribution in [2.24, 2.45) is 0 Å². The number of halogens is 3. The summed E-state index contributed by atoms with van der Waals surface area (Å²) in [6, 6.07) is 18.7. The third-order valence-electron chi connectivity index (χ3n) is 7.64. The van der Waals surface area contributed by atoms with Gasteiger partial charge in [-0.3, -0.25) is 9.59 Å². The maximum Gasteiger partial charge on any atom is 0.224 e. The predicted octanol–water partition coefficient (Wildman–Crippen LogP) is 7.61. The molecule has 0 aliphatic carbocycles. The number of ether oxygens (including phenoxy) is 6. The largest absolute Gasteiger partial charge is 0.493 e. The molecule has 0 saturated carbocycles. The summed E-state index contributed by atoms with van der Waals surface area (Å²) < 4.78 is 35.2. The van der Waals surface area contributed by atoms with E-state index in [0.29, 0.717) is 79.6 Å². The van der Waals surface area contributed by atoms with E-state index in [1.165, 1.54) is 0 Å². The molecule has 0 radical (unpaired) electrons. The smallest absolute Gasteiger partial charge is 0.224 e. The fourth-order valence-corrected chi connectivity index (χ4v) is 7.27. The minimum absolute atomic E-state index is 0.113. The van der Waals surface area contributed by atoms with E-state index < -0.39 is 0 Å². The Morgan fingerprint density at radius 1 is 0.500 bits per heavy atom. The van der Waals surface area contributed by atoms with Gasteiger partial charge in [0, 0.05) is 13.1 Å². The number of carbonyl (C=O) groups is 2. The standard InChI is InChI=1S/C37H39Br3N2O8/c1-45-29-8-6-22(17-31(29)47-3)10-12-41-34(43)20-24-14-26(38)36(27(39)15-24)50-33-19-25(16-28(40)37(33)49-5)21-35(44)42-13-11-23-7-9-30(46-2)32(18-23)48-4/h6-9,14-19H,10-13,20-21H2,1-5H3,(H,41,43)(H,42,44). The van der Waals surface area contributed by atoms with Gasteiger partial charge in [0.15, 0.2) is 40.2 Å². The molecular formula is C37H39Br3N2O8. The number of rotatable bonds is 17. The zero-order valence-corrected chi connectivity index (χ0v) is 33.2. The minimum Gasteiger partial charge on any atom is -0.493 e. The van der Waals surface area contributed by atoms with E-state index in [9.17, 15) is 9.59 Å². The van der Waals surface area contributed by atoms with Gasteiger partial charge in [-0.05, 0) is 131 Å². The van der Waals surface area contributed by atoms with Crippen LogP contribution in [0.4, 0.5) is 0 Å². The van der Waals surface area contributed by atoms with Gasteiger partial charge in [0.05, 0.1) is 61.8 Å². The Morgan fingerprint density at radius 3 is 1.32 bits per heavy atom. The molecule has 0 aliphatic rings. The Bertz CT molecular complexity index is 1800. The highest BCUT2D eigenvalue weighted by atomic mass is 79.9. The lowest BCUT2D eigenvalue weighted by atomic mass is 10.1. The van der Waals surface area contributed by atoms with Gasteiger partial charge in [0.25, 0.3) is 0 Å². The van der Waals surface area contributed by atoms with Crippen molar-refractivity contribution in [2.45, 2.75) is 25.7 Å². The van der Waals surface area contributed by atoms with Gasteiger partial charge in [-0.15, -0.1) is 0 Å². The molecule has 0 fully saturated rings. The molecule has 4 rings (SSSR count). The van der Waals surface area contributed by atoms with Crippen molar-refractivity contribution < 1.29 is 38.0 Å². The topological polar surface area (TPSA) is 114 Å². The van der Waals surface area contributed by atoms with Crippen molar-refractivity contribution in [3.05, 3.63) is 96.3 Å². The predicted molar refractivity (Wildman–Crippen MR) is 203 cm³/mol. The highest BCUT2D eigenvalue weighted by molar-refractivity contribution is 9.11. The van der Waals surface area contributed by atoms with Crippen molar-refractivity contribution in [1.82, 2.24) is 10.6 Å².